The highest BCUT2D eigenvalue weighted by molar-refractivity contribution is 4.73. The molecule has 65 valence electrons. The first-order chi connectivity index (χ1) is 5.43. The Morgan fingerprint density at radius 3 is 2.82 bits per heavy atom. The van der Waals surface area contributed by atoms with Gasteiger partial charge >= 0.3 is 0 Å². The lowest BCUT2D eigenvalue weighted by Crippen LogP contribution is -2.26. The molecule has 1 radical (unpaired) electrons. The van der Waals surface area contributed by atoms with E-state index in [1.807, 2.05) is 0 Å². The van der Waals surface area contributed by atoms with Gasteiger partial charge in [0.15, 0.2) is 0 Å². The van der Waals surface area contributed by atoms with E-state index in [1.54, 1.807) is 0 Å². The van der Waals surface area contributed by atoms with Crippen molar-refractivity contribution in [3.05, 3.63) is 6.54 Å². The maximum atomic E-state index is 2.50. The van der Waals surface area contributed by atoms with Crippen LogP contribution in [0.3, 0.4) is 0 Å². The maximum Gasteiger partial charge on any atom is 0.0251 e. The minimum atomic E-state index is 1.30. The van der Waals surface area contributed by atoms with Crippen LogP contribution in [0.25, 0.3) is 0 Å². The van der Waals surface area contributed by atoms with Gasteiger partial charge in [-0.25, -0.2) is 0 Å². The Morgan fingerprint density at radius 2 is 2.18 bits per heavy atom. The number of hydrogen-bond acceptors (Lipinski definition) is 1. The standard InChI is InChI=1S/C10H20N/c1-2-3-5-8-11-9-6-4-7-10-11/h9H,2-8,10H2,1H3. The van der Waals surface area contributed by atoms with E-state index < -0.39 is 0 Å². The minimum absolute atomic E-state index is 1.30. The summed E-state index contributed by atoms with van der Waals surface area (Å²) in [6.07, 6.45) is 8.24. The van der Waals surface area contributed by atoms with Crippen LogP contribution in [0.1, 0.15) is 45.4 Å². The SMILES string of the molecule is CCCCCN1[CH]CCCC1. The van der Waals surface area contributed by atoms with Gasteiger partial charge in [-0.3, -0.25) is 4.90 Å². The van der Waals surface area contributed by atoms with Crippen molar-refractivity contribution in [2.24, 2.45) is 0 Å². The van der Waals surface area contributed by atoms with Gasteiger partial charge in [0.1, 0.15) is 0 Å². The van der Waals surface area contributed by atoms with E-state index >= 15 is 0 Å². The normalized spacial score (nSPS) is 20.5. The molecule has 1 aliphatic heterocycles. The van der Waals surface area contributed by atoms with Crippen molar-refractivity contribution in [3.8, 4) is 0 Å². The monoisotopic (exact) mass is 154 g/mol. The molecule has 1 saturated heterocycles. The van der Waals surface area contributed by atoms with Crippen LogP contribution in [0.5, 0.6) is 0 Å². The largest absolute Gasteiger partial charge is 0.299 e. The van der Waals surface area contributed by atoms with Gasteiger partial charge in [0.25, 0.3) is 0 Å². The van der Waals surface area contributed by atoms with Crippen molar-refractivity contribution >= 4 is 0 Å². The Balaban J connectivity index is 1.96. The molecule has 0 saturated carbocycles. The summed E-state index contributed by atoms with van der Waals surface area (Å²) in [5.74, 6) is 0. The molecule has 0 N–H and O–H groups in total. The maximum absolute atomic E-state index is 2.50. The molecule has 0 spiro atoms. The molecule has 1 fully saturated rings. The summed E-state index contributed by atoms with van der Waals surface area (Å²) >= 11 is 0. The Bertz CT molecular complexity index is 84.9. The quantitative estimate of drug-likeness (QED) is 0.563. The number of rotatable bonds is 4. The van der Waals surface area contributed by atoms with Crippen molar-refractivity contribution in [1.29, 1.82) is 0 Å². The smallest absolute Gasteiger partial charge is 0.0251 e. The molecular formula is C10H20N. The molecule has 0 atom stereocenters. The molecule has 1 nitrogen and oxygen atoms in total. The van der Waals surface area contributed by atoms with E-state index in [0.717, 1.165) is 0 Å². The molecule has 11 heavy (non-hydrogen) atoms. The van der Waals surface area contributed by atoms with Crippen LogP contribution < -0.4 is 0 Å². The molecule has 0 amide bonds. The minimum Gasteiger partial charge on any atom is -0.299 e. The summed E-state index contributed by atoms with van der Waals surface area (Å²) in [5.41, 5.74) is 0. The molecule has 1 aliphatic rings. The van der Waals surface area contributed by atoms with Crippen molar-refractivity contribution in [2.45, 2.75) is 45.4 Å². The van der Waals surface area contributed by atoms with Crippen LogP contribution in [-0.4, -0.2) is 18.0 Å². The fourth-order valence-electron chi connectivity index (χ4n) is 1.59. The van der Waals surface area contributed by atoms with Crippen LogP contribution in [0.15, 0.2) is 0 Å². The highest BCUT2D eigenvalue weighted by atomic mass is 15.1. The summed E-state index contributed by atoms with van der Waals surface area (Å²) in [5, 5.41) is 0. The summed E-state index contributed by atoms with van der Waals surface area (Å²) in [6.45, 7) is 7.26. The fourth-order valence-corrected chi connectivity index (χ4v) is 1.59. The Kier molecular flexibility index (Phi) is 4.60. The second-order valence-electron chi connectivity index (χ2n) is 3.42. The van der Waals surface area contributed by atoms with Crippen LogP contribution in [0.2, 0.25) is 0 Å². The molecule has 1 heteroatoms. The second kappa shape index (κ2) is 5.59. The lowest BCUT2D eigenvalue weighted by Gasteiger charge is -2.25. The van der Waals surface area contributed by atoms with Gasteiger partial charge in [0, 0.05) is 6.54 Å². The molecule has 1 heterocycles. The zero-order valence-corrected chi connectivity index (χ0v) is 7.68. The molecular weight excluding hydrogens is 134 g/mol. The van der Waals surface area contributed by atoms with Crippen molar-refractivity contribution < 1.29 is 0 Å². The van der Waals surface area contributed by atoms with E-state index in [9.17, 15) is 0 Å². The number of nitrogens with zero attached hydrogens (tertiary/aromatic N) is 1. The van der Waals surface area contributed by atoms with Crippen molar-refractivity contribution in [1.82, 2.24) is 4.90 Å². The lowest BCUT2D eigenvalue weighted by molar-refractivity contribution is 0.276. The highest BCUT2D eigenvalue weighted by Gasteiger charge is 2.08. The fraction of sp³-hybridized carbons (Fsp3) is 0.900. The third kappa shape index (κ3) is 3.76. The van der Waals surface area contributed by atoms with Gasteiger partial charge in [-0.2, -0.15) is 0 Å². The van der Waals surface area contributed by atoms with Crippen molar-refractivity contribution in [2.75, 3.05) is 13.1 Å². The summed E-state index contributed by atoms with van der Waals surface area (Å²) in [7, 11) is 0. The van der Waals surface area contributed by atoms with Gasteiger partial charge in [-0.05, 0) is 32.4 Å². The third-order valence-corrected chi connectivity index (χ3v) is 2.34. The number of likely N-dealkylation sites (tertiary alicyclic amines) is 1. The average molecular weight is 154 g/mol. The topological polar surface area (TPSA) is 3.24 Å². The Hall–Kier alpha value is -0.0400. The van der Waals surface area contributed by atoms with E-state index in [0.29, 0.717) is 0 Å². The zero-order valence-electron chi connectivity index (χ0n) is 7.68. The Morgan fingerprint density at radius 1 is 1.27 bits per heavy atom. The lowest BCUT2D eigenvalue weighted by atomic mass is 10.1. The third-order valence-electron chi connectivity index (χ3n) is 2.34. The van der Waals surface area contributed by atoms with E-state index in [-0.39, 0.29) is 0 Å². The average Bonchev–Trinajstić information content (AvgIpc) is 2.07. The number of piperidine rings is 1. The van der Waals surface area contributed by atoms with Crippen LogP contribution >= 0.6 is 0 Å². The molecule has 0 aromatic rings. The van der Waals surface area contributed by atoms with Gasteiger partial charge in [-0.15, -0.1) is 0 Å². The molecule has 0 aromatic carbocycles. The predicted molar refractivity (Wildman–Crippen MR) is 49.2 cm³/mol. The highest BCUT2D eigenvalue weighted by Crippen LogP contribution is 2.13. The first kappa shape index (κ1) is 9.05. The Labute approximate surface area is 70.8 Å². The van der Waals surface area contributed by atoms with E-state index in [1.165, 1.54) is 51.6 Å². The number of unbranched alkanes of at least 4 members (excludes halogenated alkanes) is 2. The van der Waals surface area contributed by atoms with Crippen LogP contribution in [0, 0.1) is 6.54 Å². The van der Waals surface area contributed by atoms with Crippen molar-refractivity contribution in [3.63, 3.8) is 0 Å². The predicted octanol–water partition coefficient (Wildman–Crippen LogP) is 2.82. The first-order valence-electron chi connectivity index (χ1n) is 5.01. The van der Waals surface area contributed by atoms with Gasteiger partial charge < -0.3 is 0 Å². The molecule has 0 bridgehead atoms. The van der Waals surface area contributed by atoms with E-state index in [2.05, 4.69) is 18.4 Å². The van der Waals surface area contributed by atoms with Crippen LogP contribution in [-0.2, 0) is 0 Å². The first-order valence-corrected chi connectivity index (χ1v) is 5.01. The summed E-state index contributed by atoms with van der Waals surface area (Å²) in [6, 6.07) is 0. The van der Waals surface area contributed by atoms with E-state index in [4.69, 9.17) is 0 Å². The van der Waals surface area contributed by atoms with Gasteiger partial charge in [0.05, 0.1) is 0 Å². The molecule has 0 aliphatic carbocycles. The zero-order chi connectivity index (χ0) is 7.94. The van der Waals surface area contributed by atoms with Crippen LogP contribution in [0.4, 0.5) is 0 Å². The molecule has 1 rings (SSSR count). The molecule has 0 aromatic heterocycles. The van der Waals surface area contributed by atoms with Gasteiger partial charge in [0.2, 0.25) is 0 Å². The molecule has 0 unspecified atom stereocenters. The van der Waals surface area contributed by atoms with Gasteiger partial charge in [-0.1, -0.05) is 26.2 Å². The summed E-state index contributed by atoms with van der Waals surface area (Å²) < 4.78 is 0. The number of hydrogen-bond donors (Lipinski definition) is 0. The second-order valence-corrected chi connectivity index (χ2v) is 3.42. The summed E-state index contributed by atoms with van der Waals surface area (Å²) in [4.78, 5) is 2.50.